The van der Waals surface area contributed by atoms with Gasteiger partial charge in [-0.2, -0.15) is 0 Å². The number of rotatable bonds is 4. The molecular formula is C13H20ClNO2. The van der Waals surface area contributed by atoms with Crippen molar-refractivity contribution in [3.63, 3.8) is 0 Å². The molecule has 17 heavy (non-hydrogen) atoms. The lowest BCUT2D eigenvalue weighted by Crippen LogP contribution is -2.35. The second-order valence-electron chi connectivity index (χ2n) is 4.98. The van der Waals surface area contributed by atoms with E-state index >= 15 is 0 Å². The fourth-order valence-electron chi connectivity index (χ4n) is 2.49. The van der Waals surface area contributed by atoms with Gasteiger partial charge in [0.2, 0.25) is 0 Å². The quantitative estimate of drug-likeness (QED) is 0.901. The summed E-state index contributed by atoms with van der Waals surface area (Å²) in [6, 6.07) is 3.72. The Bertz CT molecular complexity index is 345. The highest BCUT2D eigenvalue weighted by atomic mass is 35.5. The van der Waals surface area contributed by atoms with E-state index in [1.165, 1.54) is 0 Å². The smallest absolute Gasteiger partial charge is 0.193 e. The van der Waals surface area contributed by atoms with Gasteiger partial charge in [-0.1, -0.05) is 6.92 Å². The minimum absolute atomic E-state index is 0.304. The summed E-state index contributed by atoms with van der Waals surface area (Å²) < 4.78 is 5.37. The first kappa shape index (κ1) is 12.9. The summed E-state index contributed by atoms with van der Waals surface area (Å²) in [5.74, 6) is 2.02. The van der Waals surface area contributed by atoms with E-state index < -0.39 is 0 Å². The second-order valence-corrected chi connectivity index (χ2v) is 5.35. The fraction of sp³-hybridized carbons (Fsp3) is 0.692. The molecule has 0 spiro atoms. The van der Waals surface area contributed by atoms with Crippen LogP contribution in [0.5, 0.6) is 0 Å². The summed E-state index contributed by atoms with van der Waals surface area (Å²) in [6.07, 6.45) is 2.33. The number of hydrogen-bond donors (Lipinski definition) is 1. The Morgan fingerprint density at radius 3 is 2.71 bits per heavy atom. The number of aliphatic hydroxyl groups excluding tert-OH is 1. The van der Waals surface area contributed by atoms with Gasteiger partial charge in [-0.3, -0.25) is 4.90 Å². The van der Waals surface area contributed by atoms with E-state index in [1.807, 2.05) is 6.07 Å². The van der Waals surface area contributed by atoms with Crippen LogP contribution in [0.15, 0.2) is 16.5 Å². The summed E-state index contributed by atoms with van der Waals surface area (Å²) in [7, 11) is 0. The SMILES string of the molecule is CC(CO)C1CCN(Cc2ccc(Cl)o2)CC1. The van der Waals surface area contributed by atoms with Crippen molar-refractivity contribution in [1.82, 2.24) is 4.90 Å². The van der Waals surface area contributed by atoms with Crippen molar-refractivity contribution in [3.05, 3.63) is 23.1 Å². The van der Waals surface area contributed by atoms with Gasteiger partial charge in [0.25, 0.3) is 0 Å². The molecule has 1 saturated heterocycles. The van der Waals surface area contributed by atoms with Crippen LogP contribution in [0.25, 0.3) is 0 Å². The zero-order valence-electron chi connectivity index (χ0n) is 10.2. The molecule has 1 N–H and O–H groups in total. The van der Waals surface area contributed by atoms with Gasteiger partial charge >= 0.3 is 0 Å². The van der Waals surface area contributed by atoms with Crippen LogP contribution in [0.3, 0.4) is 0 Å². The van der Waals surface area contributed by atoms with E-state index in [2.05, 4.69) is 11.8 Å². The molecule has 4 heteroatoms. The Hall–Kier alpha value is -0.510. The van der Waals surface area contributed by atoms with Gasteiger partial charge in [0.1, 0.15) is 5.76 Å². The number of furan rings is 1. The summed E-state index contributed by atoms with van der Waals surface area (Å²) in [5, 5.41) is 9.61. The van der Waals surface area contributed by atoms with Crippen molar-refractivity contribution in [2.24, 2.45) is 11.8 Å². The third kappa shape index (κ3) is 3.47. The largest absolute Gasteiger partial charge is 0.448 e. The number of nitrogens with zero attached hydrogens (tertiary/aromatic N) is 1. The Morgan fingerprint density at radius 2 is 2.18 bits per heavy atom. The molecule has 1 aromatic heterocycles. The molecule has 0 radical (unpaired) electrons. The number of piperidine rings is 1. The lowest BCUT2D eigenvalue weighted by Gasteiger charge is -2.33. The third-order valence-corrected chi connectivity index (χ3v) is 3.94. The molecule has 1 aromatic rings. The molecule has 1 atom stereocenters. The minimum atomic E-state index is 0.304. The molecule has 0 amide bonds. The number of likely N-dealkylation sites (tertiary alicyclic amines) is 1. The average molecular weight is 258 g/mol. The van der Waals surface area contributed by atoms with E-state index in [0.717, 1.165) is 38.2 Å². The lowest BCUT2D eigenvalue weighted by molar-refractivity contribution is 0.108. The zero-order chi connectivity index (χ0) is 12.3. The van der Waals surface area contributed by atoms with Gasteiger partial charge in [0.15, 0.2) is 5.22 Å². The second kappa shape index (κ2) is 5.89. The van der Waals surface area contributed by atoms with E-state index in [-0.39, 0.29) is 0 Å². The molecule has 0 bridgehead atoms. The molecule has 2 heterocycles. The van der Waals surface area contributed by atoms with Crippen molar-refractivity contribution in [2.75, 3.05) is 19.7 Å². The topological polar surface area (TPSA) is 36.6 Å². The van der Waals surface area contributed by atoms with E-state index in [4.69, 9.17) is 21.1 Å². The van der Waals surface area contributed by atoms with Crippen molar-refractivity contribution >= 4 is 11.6 Å². The molecule has 0 aliphatic carbocycles. The maximum absolute atomic E-state index is 9.15. The highest BCUT2D eigenvalue weighted by Crippen LogP contribution is 2.26. The van der Waals surface area contributed by atoms with Crippen molar-refractivity contribution in [1.29, 1.82) is 0 Å². The van der Waals surface area contributed by atoms with Crippen LogP contribution in [-0.2, 0) is 6.54 Å². The van der Waals surface area contributed by atoms with Crippen LogP contribution < -0.4 is 0 Å². The van der Waals surface area contributed by atoms with Crippen LogP contribution in [0.1, 0.15) is 25.5 Å². The van der Waals surface area contributed by atoms with Crippen LogP contribution >= 0.6 is 11.6 Å². The first-order valence-electron chi connectivity index (χ1n) is 6.26. The zero-order valence-corrected chi connectivity index (χ0v) is 11.0. The predicted octanol–water partition coefficient (Wildman–Crippen LogP) is 2.77. The monoisotopic (exact) mass is 257 g/mol. The Morgan fingerprint density at radius 1 is 1.47 bits per heavy atom. The predicted molar refractivity (Wildman–Crippen MR) is 68.0 cm³/mol. The van der Waals surface area contributed by atoms with Crippen LogP contribution in [0, 0.1) is 11.8 Å². The summed E-state index contributed by atoms with van der Waals surface area (Å²) in [4.78, 5) is 2.38. The van der Waals surface area contributed by atoms with E-state index in [0.29, 0.717) is 23.7 Å². The van der Waals surface area contributed by atoms with Crippen LogP contribution in [0.4, 0.5) is 0 Å². The van der Waals surface area contributed by atoms with Gasteiger partial charge in [-0.15, -0.1) is 0 Å². The third-order valence-electron chi connectivity index (χ3n) is 3.73. The molecule has 96 valence electrons. The van der Waals surface area contributed by atoms with Crippen LogP contribution in [-0.4, -0.2) is 29.7 Å². The highest BCUT2D eigenvalue weighted by molar-refractivity contribution is 6.28. The standard InChI is InChI=1S/C13H20ClNO2/c1-10(9-16)11-4-6-15(7-5-11)8-12-2-3-13(14)17-12/h2-3,10-11,16H,4-9H2,1H3. The number of halogens is 1. The van der Waals surface area contributed by atoms with E-state index in [1.54, 1.807) is 6.07 Å². The minimum Gasteiger partial charge on any atom is -0.448 e. The van der Waals surface area contributed by atoms with Crippen molar-refractivity contribution in [2.45, 2.75) is 26.3 Å². The molecule has 1 aliphatic heterocycles. The van der Waals surface area contributed by atoms with Gasteiger partial charge in [0.05, 0.1) is 6.54 Å². The van der Waals surface area contributed by atoms with Gasteiger partial charge < -0.3 is 9.52 Å². The van der Waals surface area contributed by atoms with Crippen molar-refractivity contribution < 1.29 is 9.52 Å². The molecular weight excluding hydrogens is 238 g/mol. The Kier molecular flexibility index (Phi) is 4.48. The maximum Gasteiger partial charge on any atom is 0.193 e. The van der Waals surface area contributed by atoms with Gasteiger partial charge in [0, 0.05) is 6.61 Å². The summed E-state index contributed by atoms with van der Waals surface area (Å²) in [6.45, 7) is 5.43. The molecule has 3 nitrogen and oxygen atoms in total. The Balaban J connectivity index is 1.79. The normalized spacial score (nSPS) is 20.6. The molecule has 1 aliphatic rings. The first-order valence-corrected chi connectivity index (χ1v) is 6.64. The van der Waals surface area contributed by atoms with Crippen molar-refractivity contribution in [3.8, 4) is 0 Å². The summed E-state index contributed by atoms with van der Waals surface area (Å²) in [5.41, 5.74) is 0. The Labute approximate surface area is 107 Å². The maximum atomic E-state index is 9.15. The van der Waals surface area contributed by atoms with Gasteiger partial charge in [-0.05, 0) is 61.5 Å². The number of hydrogen-bond acceptors (Lipinski definition) is 3. The van der Waals surface area contributed by atoms with Crippen LogP contribution in [0.2, 0.25) is 5.22 Å². The number of aliphatic hydroxyl groups is 1. The molecule has 1 fully saturated rings. The fourth-order valence-corrected chi connectivity index (χ4v) is 2.65. The summed E-state index contributed by atoms with van der Waals surface area (Å²) >= 11 is 5.75. The molecule has 1 unspecified atom stereocenters. The molecule has 2 rings (SSSR count). The molecule has 0 saturated carbocycles. The lowest BCUT2D eigenvalue weighted by atomic mass is 9.86. The highest BCUT2D eigenvalue weighted by Gasteiger charge is 2.23. The molecule has 0 aromatic carbocycles. The van der Waals surface area contributed by atoms with E-state index in [9.17, 15) is 0 Å². The first-order chi connectivity index (χ1) is 8.19. The van der Waals surface area contributed by atoms with Gasteiger partial charge in [-0.25, -0.2) is 0 Å². The average Bonchev–Trinajstić information content (AvgIpc) is 2.75.